The minimum Gasteiger partial charge on any atom is -0.481 e. The lowest BCUT2D eigenvalue weighted by atomic mass is 9.97. The third-order valence-electron chi connectivity index (χ3n) is 3.74. The predicted octanol–water partition coefficient (Wildman–Crippen LogP) is 0.751. The van der Waals surface area contributed by atoms with E-state index in [0.29, 0.717) is 18.7 Å². The smallest absolute Gasteiger partial charge is 0.306 e. The Morgan fingerprint density at radius 2 is 2.30 bits per heavy atom. The molecule has 112 valence electrons. The summed E-state index contributed by atoms with van der Waals surface area (Å²) >= 11 is 0. The average molecular weight is 301 g/mol. The molecular formula is C12H19N3O4S. The first kappa shape index (κ1) is 15.0. The minimum absolute atomic E-state index is 0.0271. The molecule has 1 aliphatic carbocycles. The number of sulfonamides is 1. The van der Waals surface area contributed by atoms with Gasteiger partial charge in [-0.3, -0.25) is 4.79 Å². The van der Waals surface area contributed by atoms with Gasteiger partial charge in [-0.25, -0.2) is 18.1 Å². The van der Waals surface area contributed by atoms with E-state index in [1.165, 1.54) is 6.20 Å². The van der Waals surface area contributed by atoms with E-state index in [2.05, 4.69) is 14.7 Å². The van der Waals surface area contributed by atoms with E-state index < -0.39 is 21.9 Å². The van der Waals surface area contributed by atoms with E-state index in [1.54, 1.807) is 0 Å². The van der Waals surface area contributed by atoms with Gasteiger partial charge >= 0.3 is 5.97 Å². The van der Waals surface area contributed by atoms with Gasteiger partial charge in [0.15, 0.2) is 5.03 Å². The molecule has 2 unspecified atom stereocenters. The van der Waals surface area contributed by atoms with E-state index in [9.17, 15) is 13.2 Å². The lowest BCUT2D eigenvalue weighted by Gasteiger charge is -2.15. The molecule has 1 heterocycles. The molecule has 1 fully saturated rings. The number of aromatic amines is 1. The zero-order valence-corrected chi connectivity index (χ0v) is 12.1. The Hall–Kier alpha value is -1.41. The van der Waals surface area contributed by atoms with E-state index >= 15 is 0 Å². The average Bonchev–Trinajstić information content (AvgIpc) is 3.05. The van der Waals surface area contributed by atoms with Gasteiger partial charge in [-0.15, -0.1) is 0 Å². The van der Waals surface area contributed by atoms with Gasteiger partial charge in [0.25, 0.3) is 10.0 Å². The second-order valence-corrected chi connectivity index (χ2v) is 6.77. The fourth-order valence-corrected chi connectivity index (χ4v) is 3.59. The molecule has 1 aromatic rings. The van der Waals surface area contributed by atoms with Gasteiger partial charge in [-0.1, -0.05) is 13.3 Å². The summed E-state index contributed by atoms with van der Waals surface area (Å²) in [4.78, 5) is 17.7. The summed E-state index contributed by atoms with van der Waals surface area (Å²) in [5.74, 6) is -0.835. The number of hydrogen-bond donors (Lipinski definition) is 3. The van der Waals surface area contributed by atoms with Crippen molar-refractivity contribution in [2.24, 2.45) is 11.8 Å². The molecule has 2 rings (SSSR count). The van der Waals surface area contributed by atoms with E-state index in [4.69, 9.17) is 5.11 Å². The van der Waals surface area contributed by atoms with Gasteiger partial charge in [-0.2, -0.15) is 0 Å². The largest absolute Gasteiger partial charge is 0.481 e. The maximum Gasteiger partial charge on any atom is 0.306 e. The maximum absolute atomic E-state index is 12.1. The van der Waals surface area contributed by atoms with Crippen LogP contribution in [0.2, 0.25) is 0 Å². The quantitative estimate of drug-likeness (QED) is 0.718. The van der Waals surface area contributed by atoms with Crippen molar-refractivity contribution in [3.8, 4) is 0 Å². The molecule has 0 aromatic carbocycles. The number of rotatable bonds is 6. The van der Waals surface area contributed by atoms with Crippen molar-refractivity contribution in [3.05, 3.63) is 12.0 Å². The molecule has 8 heteroatoms. The number of imidazole rings is 1. The van der Waals surface area contributed by atoms with Crippen LogP contribution in [0, 0.1) is 11.8 Å². The topological polar surface area (TPSA) is 112 Å². The number of carboxylic acid groups (broad SMARTS) is 1. The van der Waals surface area contributed by atoms with Gasteiger partial charge in [-0.05, 0) is 18.8 Å². The van der Waals surface area contributed by atoms with Gasteiger partial charge in [0.05, 0.1) is 12.1 Å². The number of H-pyrrole nitrogens is 1. The molecule has 3 N–H and O–H groups in total. The fourth-order valence-electron chi connectivity index (χ4n) is 2.56. The predicted molar refractivity (Wildman–Crippen MR) is 71.6 cm³/mol. The molecule has 1 aromatic heterocycles. The molecule has 0 spiro atoms. The fraction of sp³-hybridized carbons (Fsp3) is 0.667. The van der Waals surface area contributed by atoms with Crippen LogP contribution < -0.4 is 4.72 Å². The summed E-state index contributed by atoms with van der Waals surface area (Å²) in [6.45, 7) is 2.03. The monoisotopic (exact) mass is 301 g/mol. The van der Waals surface area contributed by atoms with Crippen molar-refractivity contribution in [1.82, 2.24) is 14.7 Å². The number of aliphatic carboxylic acids is 1. The number of aromatic nitrogens is 2. The molecule has 1 saturated carbocycles. The Morgan fingerprint density at radius 3 is 2.90 bits per heavy atom. The zero-order valence-electron chi connectivity index (χ0n) is 11.3. The van der Waals surface area contributed by atoms with Crippen LogP contribution in [0.1, 0.15) is 32.0 Å². The summed E-state index contributed by atoms with van der Waals surface area (Å²) in [6.07, 6.45) is 4.09. The van der Waals surface area contributed by atoms with Gasteiger partial charge < -0.3 is 10.1 Å². The van der Waals surface area contributed by atoms with E-state index in [1.807, 2.05) is 6.92 Å². The summed E-state index contributed by atoms with van der Waals surface area (Å²) in [5.41, 5.74) is 0. The highest BCUT2D eigenvalue weighted by molar-refractivity contribution is 7.89. The normalized spacial score (nSPS) is 23.1. The van der Waals surface area contributed by atoms with Crippen LogP contribution in [0.3, 0.4) is 0 Å². The first-order valence-electron chi connectivity index (χ1n) is 6.70. The SMILES string of the molecule is CCc1ncc(S(=O)(=O)NCC2CCCC2C(=O)O)[nH]1. The van der Waals surface area contributed by atoms with Crippen LogP contribution in [0.4, 0.5) is 0 Å². The number of hydrogen-bond acceptors (Lipinski definition) is 4. The third-order valence-corrected chi connectivity index (χ3v) is 5.07. The Bertz CT molecular complexity index is 581. The molecule has 20 heavy (non-hydrogen) atoms. The number of carbonyl (C=O) groups is 1. The Kier molecular flexibility index (Phi) is 4.44. The zero-order chi connectivity index (χ0) is 14.8. The van der Waals surface area contributed by atoms with Crippen LogP contribution in [0.15, 0.2) is 11.2 Å². The van der Waals surface area contributed by atoms with Crippen LogP contribution in [-0.4, -0.2) is 36.0 Å². The highest BCUT2D eigenvalue weighted by Gasteiger charge is 2.33. The number of nitrogens with one attached hydrogen (secondary N) is 2. The molecule has 0 bridgehead atoms. The van der Waals surface area contributed by atoms with Crippen molar-refractivity contribution >= 4 is 16.0 Å². The standard InChI is InChI=1S/C12H19N3O4S/c1-2-10-13-7-11(15-10)20(18,19)14-6-8-4-3-5-9(8)12(16)17/h7-9,14H,2-6H2,1H3,(H,13,15)(H,16,17). The highest BCUT2D eigenvalue weighted by Crippen LogP contribution is 2.31. The Morgan fingerprint density at radius 1 is 1.55 bits per heavy atom. The number of nitrogens with zero attached hydrogens (tertiary/aromatic N) is 1. The van der Waals surface area contributed by atoms with Crippen molar-refractivity contribution in [2.75, 3.05) is 6.54 Å². The molecule has 7 nitrogen and oxygen atoms in total. The van der Waals surface area contributed by atoms with Crippen LogP contribution in [-0.2, 0) is 21.2 Å². The molecule has 0 radical (unpaired) electrons. The molecule has 2 atom stereocenters. The lowest BCUT2D eigenvalue weighted by Crippen LogP contribution is -2.33. The lowest BCUT2D eigenvalue weighted by molar-refractivity contribution is -0.142. The summed E-state index contributed by atoms with van der Waals surface area (Å²) in [5, 5.41) is 9.10. The highest BCUT2D eigenvalue weighted by atomic mass is 32.2. The molecule has 0 aliphatic heterocycles. The van der Waals surface area contributed by atoms with Crippen molar-refractivity contribution in [3.63, 3.8) is 0 Å². The molecule has 0 amide bonds. The van der Waals surface area contributed by atoms with Crippen LogP contribution >= 0.6 is 0 Å². The van der Waals surface area contributed by atoms with Gasteiger partial charge in [0.2, 0.25) is 0 Å². The van der Waals surface area contributed by atoms with Crippen LogP contribution in [0.5, 0.6) is 0 Å². The molecule has 0 saturated heterocycles. The van der Waals surface area contributed by atoms with E-state index in [-0.39, 0.29) is 17.5 Å². The van der Waals surface area contributed by atoms with Crippen molar-refractivity contribution < 1.29 is 18.3 Å². The van der Waals surface area contributed by atoms with Crippen LogP contribution in [0.25, 0.3) is 0 Å². The number of carboxylic acids is 1. The van der Waals surface area contributed by atoms with Gasteiger partial charge in [0.1, 0.15) is 5.82 Å². The second kappa shape index (κ2) is 5.92. The first-order chi connectivity index (χ1) is 9.44. The van der Waals surface area contributed by atoms with Crippen molar-refractivity contribution in [1.29, 1.82) is 0 Å². The second-order valence-electron chi connectivity index (χ2n) is 5.04. The third kappa shape index (κ3) is 3.18. The minimum atomic E-state index is -3.65. The van der Waals surface area contributed by atoms with Crippen molar-refractivity contribution in [2.45, 2.75) is 37.6 Å². The number of aryl methyl sites for hydroxylation is 1. The summed E-state index contributed by atoms with van der Waals surface area (Å²) < 4.78 is 26.6. The summed E-state index contributed by atoms with van der Waals surface area (Å²) in [6, 6.07) is 0. The first-order valence-corrected chi connectivity index (χ1v) is 8.18. The molecule has 1 aliphatic rings. The maximum atomic E-state index is 12.1. The Balaban J connectivity index is 2.00. The van der Waals surface area contributed by atoms with E-state index in [0.717, 1.165) is 12.8 Å². The summed E-state index contributed by atoms with van der Waals surface area (Å²) in [7, 11) is -3.65. The molecular weight excluding hydrogens is 282 g/mol. The van der Waals surface area contributed by atoms with Gasteiger partial charge in [0, 0.05) is 13.0 Å². The Labute approximate surface area is 117 Å².